The number of methoxy groups -OCH3 is 2. The van der Waals surface area contributed by atoms with Gasteiger partial charge in [0.2, 0.25) is 11.6 Å². The molecule has 2 aromatic heterocycles. The molecule has 0 aliphatic heterocycles. The van der Waals surface area contributed by atoms with E-state index in [1.54, 1.807) is 26.4 Å². The lowest BCUT2D eigenvalue weighted by Crippen LogP contribution is -2.02. The maximum atomic E-state index is 13.6. The van der Waals surface area contributed by atoms with Crippen LogP contribution < -0.4 is 9.47 Å². The van der Waals surface area contributed by atoms with E-state index in [1.807, 2.05) is 88.8 Å². The molecule has 0 aliphatic carbocycles. The van der Waals surface area contributed by atoms with E-state index in [9.17, 15) is 4.79 Å². The number of ketones is 1. The fourth-order valence-electron chi connectivity index (χ4n) is 4.14. The van der Waals surface area contributed by atoms with Crippen LogP contribution in [-0.4, -0.2) is 34.0 Å². The van der Waals surface area contributed by atoms with Crippen LogP contribution in [-0.2, 0) is 7.05 Å². The van der Waals surface area contributed by atoms with E-state index in [-0.39, 0.29) is 5.78 Å². The molecule has 0 bridgehead atoms. The number of allylic oxidation sites excluding steroid dienone is 1. The number of ether oxygens (including phenoxy) is 2. The van der Waals surface area contributed by atoms with Gasteiger partial charge in [-0.3, -0.25) is 9.20 Å². The Morgan fingerprint density at radius 1 is 0.879 bits per heavy atom. The molecule has 0 saturated heterocycles. The van der Waals surface area contributed by atoms with Crippen LogP contribution >= 0.6 is 0 Å². The Balaban J connectivity index is 1.67. The lowest BCUT2D eigenvalue weighted by atomic mass is 10.1. The number of hydrogen-bond acceptors (Lipinski definition) is 4. The number of rotatable bonds is 6. The normalized spacial score (nSPS) is 11.5. The van der Waals surface area contributed by atoms with Gasteiger partial charge in [0.1, 0.15) is 11.4 Å². The lowest BCUT2D eigenvalue weighted by Gasteiger charge is -2.07. The molecule has 0 atom stereocenters. The van der Waals surface area contributed by atoms with Crippen molar-refractivity contribution in [2.24, 2.45) is 7.05 Å². The molecular formula is C27H23N3O3. The summed E-state index contributed by atoms with van der Waals surface area (Å²) in [5.74, 6) is 1.84. The van der Waals surface area contributed by atoms with Gasteiger partial charge in [-0.15, -0.1) is 0 Å². The molecule has 0 N–H and O–H groups in total. The first-order valence-electron chi connectivity index (χ1n) is 10.6. The molecule has 2 heterocycles. The van der Waals surface area contributed by atoms with E-state index < -0.39 is 0 Å². The zero-order valence-corrected chi connectivity index (χ0v) is 18.6. The summed E-state index contributed by atoms with van der Waals surface area (Å²) in [4.78, 5) is 18.5. The molecule has 0 amide bonds. The predicted molar refractivity (Wildman–Crippen MR) is 130 cm³/mol. The van der Waals surface area contributed by atoms with Crippen molar-refractivity contribution in [2.75, 3.05) is 14.2 Å². The number of benzene rings is 3. The first-order chi connectivity index (χ1) is 16.1. The third-order valence-electron chi connectivity index (χ3n) is 5.76. The second kappa shape index (κ2) is 8.31. The summed E-state index contributed by atoms with van der Waals surface area (Å²) < 4.78 is 14.6. The maximum Gasteiger partial charge on any atom is 0.215 e. The van der Waals surface area contributed by atoms with Gasteiger partial charge < -0.3 is 14.0 Å². The monoisotopic (exact) mass is 437 g/mol. The highest BCUT2D eigenvalue weighted by molar-refractivity contribution is 6.11. The number of para-hydroxylation sites is 2. The number of aryl methyl sites for hydroxylation is 1. The molecule has 33 heavy (non-hydrogen) atoms. The van der Waals surface area contributed by atoms with Crippen LogP contribution in [0.1, 0.15) is 16.1 Å². The number of carbonyl (C=O) groups is 1. The molecule has 6 heteroatoms. The smallest absolute Gasteiger partial charge is 0.215 e. The highest BCUT2D eigenvalue weighted by Crippen LogP contribution is 2.31. The first kappa shape index (κ1) is 20.6. The van der Waals surface area contributed by atoms with Crippen molar-refractivity contribution in [1.82, 2.24) is 14.0 Å². The Morgan fingerprint density at radius 3 is 2.30 bits per heavy atom. The van der Waals surface area contributed by atoms with Gasteiger partial charge in [0, 0.05) is 12.6 Å². The lowest BCUT2D eigenvalue weighted by molar-refractivity contribution is 0.104. The van der Waals surface area contributed by atoms with Crippen molar-refractivity contribution >= 4 is 28.7 Å². The first-order valence-corrected chi connectivity index (χ1v) is 10.6. The fourth-order valence-corrected chi connectivity index (χ4v) is 4.14. The van der Waals surface area contributed by atoms with Gasteiger partial charge in [-0.2, -0.15) is 0 Å². The van der Waals surface area contributed by atoms with Gasteiger partial charge in [0.25, 0.3) is 0 Å². The van der Waals surface area contributed by atoms with Crippen LogP contribution in [0, 0.1) is 0 Å². The van der Waals surface area contributed by atoms with E-state index in [1.165, 1.54) is 0 Å². The molecule has 5 rings (SSSR count). The van der Waals surface area contributed by atoms with Crippen LogP contribution in [0.25, 0.3) is 34.1 Å². The minimum Gasteiger partial charge on any atom is -0.493 e. The summed E-state index contributed by atoms with van der Waals surface area (Å²) in [6, 6.07) is 23.3. The third kappa shape index (κ3) is 3.46. The van der Waals surface area contributed by atoms with Crippen molar-refractivity contribution in [2.45, 2.75) is 0 Å². The van der Waals surface area contributed by atoms with Crippen LogP contribution in [0.5, 0.6) is 11.5 Å². The quantitative estimate of drug-likeness (QED) is 0.263. The Morgan fingerprint density at radius 2 is 1.58 bits per heavy atom. The highest BCUT2D eigenvalue weighted by Gasteiger charge is 2.23. The van der Waals surface area contributed by atoms with Crippen LogP contribution in [0.3, 0.4) is 0 Å². The average Bonchev–Trinajstić information content (AvgIpc) is 3.39. The Kier molecular flexibility index (Phi) is 5.18. The molecule has 0 aliphatic rings. The summed E-state index contributed by atoms with van der Waals surface area (Å²) in [6.07, 6.45) is 3.36. The minimum absolute atomic E-state index is 0.132. The fraction of sp³-hybridized carbons (Fsp3) is 0.111. The number of nitrogens with zero attached hydrogens (tertiary/aromatic N) is 3. The van der Waals surface area contributed by atoms with Crippen molar-refractivity contribution in [3.63, 3.8) is 0 Å². The van der Waals surface area contributed by atoms with E-state index in [2.05, 4.69) is 0 Å². The number of fused-ring (bicyclic) bond motifs is 3. The van der Waals surface area contributed by atoms with Crippen molar-refractivity contribution in [3.8, 4) is 22.8 Å². The zero-order chi connectivity index (χ0) is 22.9. The van der Waals surface area contributed by atoms with E-state index in [0.29, 0.717) is 22.9 Å². The van der Waals surface area contributed by atoms with Gasteiger partial charge in [-0.1, -0.05) is 54.6 Å². The molecule has 3 aromatic carbocycles. The maximum absolute atomic E-state index is 13.6. The summed E-state index contributed by atoms with van der Waals surface area (Å²) in [5, 5.41) is 0. The van der Waals surface area contributed by atoms with Gasteiger partial charge in [0.05, 0.1) is 25.3 Å². The molecule has 5 aromatic rings. The van der Waals surface area contributed by atoms with Crippen molar-refractivity contribution in [3.05, 3.63) is 90.1 Å². The Hall–Kier alpha value is -4.32. The van der Waals surface area contributed by atoms with Crippen LogP contribution in [0.15, 0.2) is 78.9 Å². The average molecular weight is 437 g/mol. The van der Waals surface area contributed by atoms with Gasteiger partial charge in [-0.25, -0.2) is 4.98 Å². The standard InChI is InChI=1S/C27H23N3O3/c1-29-20-11-7-8-12-21(20)30-26(25(28-27(29)30)19-9-5-4-6-10-19)22(31)15-13-18-14-16-23(32-2)24(17-18)33-3/h4-17H,1-3H3/b15-13-. The molecule has 0 spiro atoms. The predicted octanol–water partition coefficient (Wildman–Crippen LogP) is 5.41. The van der Waals surface area contributed by atoms with E-state index in [4.69, 9.17) is 14.5 Å². The molecule has 0 unspecified atom stereocenters. The Labute approximate surface area is 191 Å². The van der Waals surface area contributed by atoms with E-state index in [0.717, 1.165) is 27.9 Å². The second-order valence-electron chi connectivity index (χ2n) is 7.67. The minimum atomic E-state index is -0.132. The van der Waals surface area contributed by atoms with Gasteiger partial charge in [0.15, 0.2) is 11.5 Å². The van der Waals surface area contributed by atoms with Crippen LogP contribution in [0.2, 0.25) is 0 Å². The third-order valence-corrected chi connectivity index (χ3v) is 5.76. The van der Waals surface area contributed by atoms with E-state index >= 15 is 0 Å². The van der Waals surface area contributed by atoms with Gasteiger partial charge in [-0.05, 0) is 35.9 Å². The SMILES string of the molecule is COc1ccc(/C=C\C(=O)c2c(-c3ccccc3)nc3n(C)c4ccccc4n23)cc1OC. The molecule has 0 saturated carbocycles. The second-order valence-corrected chi connectivity index (χ2v) is 7.67. The number of hydrogen-bond donors (Lipinski definition) is 0. The summed E-state index contributed by atoms with van der Waals surface area (Å²) >= 11 is 0. The largest absolute Gasteiger partial charge is 0.493 e. The van der Waals surface area contributed by atoms with Gasteiger partial charge >= 0.3 is 0 Å². The molecule has 164 valence electrons. The topological polar surface area (TPSA) is 57.8 Å². The summed E-state index contributed by atoms with van der Waals surface area (Å²) in [5.41, 5.74) is 4.87. The summed E-state index contributed by atoms with van der Waals surface area (Å²) in [6.45, 7) is 0. The molecule has 6 nitrogen and oxygen atoms in total. The van der Waals surface area contributed by atoms with Crippen molar-refractivity contribution in [1.29, 1.82) is 0 Å². The zero-order valence-electron chi connectivity index (χ0n) is 18.6. The molecule has 0 fully saturated rings. The highest BCUT2D eigenvalue weighted by atomic mass is 16.5. The molecule has 0 radical (unpaired) electrons. The number of aromatic nitrogens is 3. The number of imidazole rings is 2. The summed E-state index contributed by atoms with van der Waals surface area (Å²) in [7, 11) is 5.15. The number of carbonyl (C=O) groups excluding carboxylic acids is 1. The Bertz CT molecular complexity index is 1510. The van der Waals surface area contributed by atoms with Crippen molar-refractivity contribution < 1.29 is 14.3 Å². The van der Waals surface area contributed by atoms with Crippen LogP contribution in [0.4, 0.5) is 0 Å². The molecular weight excluding hydrogens is 414 g/mol.